The van der Waals surface area contributed by atoms with Crippen LogP contribution in [0.3, 0.4) is 0 Å². The number of rotatable bonds is 8. The molecule has 6 fully saturated rings. The number of piperidine rings is 1. The number of fused-ring (bicyclic) bond motifs is 2. The summed E-state index contributed by atoms with van der Waals surface area (Å²) in [6.07, 6.45) is -3.27. The van der Waals surface area contributed by atoms with Gasteiger partial charge in [-0.05, 0) is 31.7 Å². The average molecular weight is 690 g/mol. The fraction of sp³-hybridized carbons (Fsp3) is 0.758. The highest BCUT2D eigenvalue weighted by Gasteiger charge is 2.92. The minimum absolute atomic E-state index is 0.0212. The van der Waals surface area contributed by atoms with E-state index in [1.807, 2.05) is 11.8 Å². The number of methoxy groups -OCH3 is 3. The Bertz CT molecular complexity index is 1520. The monoisotopic (exact) mass is 689 g/mol. The maximum Gasteiger partial charge on any atom is 0.344 e. The molecule has 5 aliphatic carbocycles. The predicted molar refractivity (Wildman–Crippen MR) is 153 cm³/mol. The zero-order valence-electron chi connectivity index (χ0n) is 27.2. The highest BCUT2D eigenvalue weighted by atomic mass is 19.2. The van der Waals surface area contributed by atoms with Crippen LogP contribution in [0, 0.1) is 63.6 Å². The van der Waals surface area contributed by atoms with E-state index >= 15 is 0 Å². The van der Waals surface area contributed by atoms with E-state index in [2.05, 4.69) is 0 Å². The van der Waals surface area contributed by atoms with Crippen molar-refractivity contribution < 1.29 is 65.4 Å². The molecule has 1 saturated heterocycles. The molecule has 0 radical (unpaired) electrons. The molecular formula is C33H40F5NO9. The number of aliphatic hydroxyl groups is 2. The number of esters is 2. The van der Waals surface area contributed by atoms with E-state index < -0.39 is 123 Å². The lowest BCUT2D eigenvalue weighted by Gasteiger charge is -2.69. The smallest absolute Gasteiger partial charge is 0.344 e. The normalized spacial score (nSPS) is 45.3. The lowest BCUT2D eigenvalue weighted by molar-refractivity contribution is -0.317. The summed E-state index contributed by atoms with van der Waals surface area (Å²) in [7, 11) is 4.40. The van der Waals surface area contributed by atoms with Crippen LogP contribution in [0.25, 0.3) is 0 Å². The largest absolute Gasteiger partial charge is 0.462 e. The summed E-state index contributed by atoms with van der Waals surface area (Å²) in [5.74, 6) is -16.7. The molecule has 0 amide bonds. The Kier molecular flexibility index (Phi) is 7.82. The zero-order valence-corrected chi connectivity index (χ0v) is 27.2. The fourth-order valence-electron chi connectivity index (χ4n) is 12.1. The zero-order chi connectivity index (χ0) is 34.9. The van der Waals surface area contributed by atoms with E-state index in [-0.39, 0.29) is 19.4 Å². The number of benzene rings is 1. The number of halogens is 5. The third kappa shape index (κ3) is 3.78. The molecule has 0 aromatic heterocycles. The number of hydrogen-bond acceptors (Lipinski definition) is 10. The summed E-state index contributed by atoms with van der Waals surface area (Å²) in [5.41, 5.74) is -7.84. The molecule has 2 N–H and O–H groups in total. The third-order valence-electron chi connectivity index (χ3n) is 13.1. The van der Waals surface area contributed by atoms with E-state index in [0.717, 1.165) is 0 Å². The lowest BCUT2D eigenvalue weighted by atomic mass is 9.42. The Balaban J connectivity index is 1.48. The van der Waals surface area contributed by atoms with Crippen LogP contribution in [-0.2, 0) is 28.5 Å². The SMILES string of the molecule is CCN1C[C@]2(COC)CC[C@H](OC(=O)c3c(F)c(F)c(F)c(F)c3F)[C@]34[C@@H]5CC6[C@@H](OC)C[C@@](O)([C@H]5[C@H]6OC(C)=O)C(O)([C@@H]13)[C@@H](OC)[C@H]24. The first-order valence-corrected chi connectivity index (χ1v) is 16.3. The van der Waals surface area contributed by atoms with Crippen molar-refractivity contribution in [3.63, 3.8) is 0 Å². The van der Waals surface area contributed by atoms with Crippen LogP contribution in [0.5, 0.6) is 0 Å². The van der Waals surface area contributed by atoms with Crippen molar-refractivity contribution in [2.45, 2.75) is 81.2 Å². The maximum absolute atomic E-state index is 15.0. The van der Waals surface area contributed by atoms with Crippen LogP contribution in [0.1, 0.15) is 49.9 Å². The number of carbonyl (C=O) groups excluding carboxylic acids is 2. The summed E-state index contributed by atoms with van der Waals surface area (Å²) in [4.78, 5) is 28.2. The van der Waals surface area contributed by atoms with Gasteiger partial charge in [0.15, 0.2) is 23.3 Å². The van der Waals surface area contributed by atoms with Gasteiger partial charge in [-0.2, -0.15) is 0 Å². The second-order valence-electron chi connectivity index (χ2n) is 14.6. The molecule has 10 nitrogen and oxygen atoms in total. The van der Waals surface area contributed by atoms with Crippen LogP contribution >= 0.6 is 0 Å². The molecule has 15 heteroatoms. The molecule has 2 unspecified atom stereocenters. The van der Waals surface area contributed by atoms with Crippen molar-refractivity contribution in [2.24, 2.45) is 34.5 Å². The number of likely N-dealkylation sites (N-methyl/N-ethyl adjacent to an activating group) is 1. The summed E-state index contributed by atoms with van der Waals surface area (Å²) < 4.78 is 102. The minimum Gasteiger partial charge on any atom is -0.462 e. The molecule has 1 heterocycles. The lowest BCUT2D eigenvalue weighted by Crippen LogP contribution is -2.82. The van der Waals surface area contributed by atoms with Crippen molar-refractivity contribution in [3.05, 3.63) is 34.6 Å². The van der Waals surface area contributed by atoms with Crippen molar-refractivity contribution in [2.75, 3.05) is 41.0 Å². The Morgan fingerprint density at radius 2 is 1.60 bits per heavy atom. The highest BCUT2D eigenvalue weighted by molar-refractivity contribution is 5.90. The quantitative estimate of drug-likeness (QED) is 0.182. The van der Waals surface area contributed by atoms with Gasteiger partial charge < -0.3 is 33.9 Å². The van der Waals surface area contributed by atoms with Crippen molar-refractivity contribution >= 4 is 11.9 Å². The van der Waals surface area contributed by atoms with Gasteiger partial charge in [0.1, 0.15) is 29.0 Å². The van der Waals surface area contributed by atoms with E-state index in [4.69, 9.17) is 23.7 Å². The Labute approximate surface area is 273 Å². The van der Waals surface area contributed by atoms with Crippen molar-refractivity contribution in [1.82, 2.24) is 4.90 Å². The molecule has 1 spiro atoms. The van der Waals surface area contributed by atoms with Gasteiger partial charge in [0.05, 0.1) is 24.9 Å². The molecule has 1 aromatic carbocycles. The fourth-order valence-corrected chi connectivity index (χ4v) is 12.1. The first kappa shape index (κ1) is 34.0. The molecule has 6 aliphatic rings. The molecule has 5 saturated carbocycles. The van der Waals surface area contributed by atoms with E-state index in [1.54, 1.807) is 0 Å². The predicted octanol–water partition coefficient (Wildman–Crippen LogP) is 2.75. The van der Waals surface area contributed by atoms with Crippen LogP contribution in [0.15, 0.2) is 0 Å². The van der Waals surface area contributed by atoms with Gasteiger partial charge in [0.25, 0.3) is 0 Å². The summed E-state index contributed by atoms with van der Waals surface area (Å²) >= 11 is 0. The van der Waals surface area contributed by atoms with Gasteiger partial charge in [0, 0.05) is 69.8 Å². The van der Waals surface area contributed by atoms with Crippen LogP contribution in [0.2, 0.25) is 0 Å². The first-order chi connectivity index (χ1) is 22.7. The second-order valence-corrected chi connectivity index (χ2v) is 14.6. The topological polar surface area (TPSA) is 124 Å². The summed E-state index contributed by atoms with van der Waals surface area (Å²) in [5, 5.41) is 26.4. The number of ether oxygens (including phenoxy) is 5. The van der Waals surface area contributed by atoms with Gasteiger partial charge in [-0.3, -0.25) is 9.69 Å². The number of likely N-dealkylation sites (tertiary alicyclic amines) is 1. The van der Waals surface area contributed by atoms with Gasteiger partial charge in [0.2, 0.25) is 5.82 Å². The van der Waals surface area contributed by atoms with E-state index in [0.29, 0.717) is 25.9 Å². The third-order valence-corrected chi connectivity index (χ3v) is 13.1. The minimum atomic E-state index is -2.41. The summed E-state index contributed by atoms with van der Waals surface area (Å²) in [6, 6.07) is -0.969. The first-order valence-electron chi connectivity index (χ1n) is 16.3. The van der Waals surface area contributed by atoms with E-state index in [9.17, 15) is 41.8 Å². The molecule has 48 heavy (non-hydrogen) atoms. The molecule has 1 aliphatic heterocycles. The Morgan fingerprint density at radius 3 is 2.17 bits per heavy atom. The standard InChI is InChI=1S/C33H40F5NO9/c1-6-39-11-30(12-44-3)8-7-17(48-28(41)18-20(34)22(36)24(38)23(37)21(18)35)32-15-9-14-16(45-4)10-31(42,19(15)25(14)47-13(2)40)33(43,29(32)39)27(46-5)26(30)32/h14-17,19,25-27,29,42-43H,6-12H2,1-5H3/t14?,15-,16+,17+,19-,25+,26-,27+,29+,30+,31-,32+,33?/m1/s1. The molecular weight excluding hydrogens is 649 g/mol. The van der Waals surface area contributed by atoms with Gasteiger partial charge in [-0.15, -0.1) is 0 Å². The summed E-state index contributed by atoms with van der Waals surface area (Å²) in [6.45, 7) is 4.06. The van der Waals surface area contributed by atoms with E-state index in [1.165, 1.54) is 28.3 Å². The van der Waals surface area contributed by atoms with Gasteiger partial charge in [-0.1, -0.05) is 6.92 Å². The van der Waals surface area contributed by atoms with Gasteiger partial charge >= 0.3 is 11.9 Å². The molecule has 7 bridgehead atoms. The van der Waals surface area contributed by atoms with Crippen LogP contribution < -0.4 is 0 Å². The van der Waals surface area contributed by atoms with Gasteiger partial charge in [-0.25, -0.2) is 26.7 Å². The maximum atomic E-state index is 15.0. The molecule has 1 aromatic rings. The number of carbonyl (C=O) groups is 2. The average Bonchev–Trinajstić information content (AvgIpc) is 3.44. The van der Waals surface area contributed by atoms with Crippen LogP contribution in [0.4, 0.5) is 22.0 Å². The Hall–Kier alpha value is -2.43. The highest BCUT2D eigenvalue weighted by Crippen LogP contribution is 2.80. The van der Waals surface area contributed by atoms with Crippen molar-refractivity contribution in [1.29, 1.82) is 0 Å². The molecule has 7 rings (SSSR count). The number of hydrogen-bond donors (Lipinski definition) is 2. The molecule has 266 valence electrons. The number of nitrogens with zero attached hydrogens (tertiary/aromatic N) is 1. The van der Waals surface area contributed by atoms with Crippen LogP contribution in [-0.4, -0.2) is 110 Å². The Morgan fingerprint density at radius 1 is 0.958 bits per heavy atom. The van der Waals surface area contributed by atoms with Crippen molar-refractivity contribution in [3.8, 4) is 0 Å². The second kappa shape index (κ2) is 11.0. The molecule has 13 atom stereocenters.